The lowest BCUT2D eigenvalue weighted by Gasteiger charge is -2.30. The number of piperidine rings is 1. The molecule has 0 radical (unpaired) electrons. The van der Waals surface area contributed by atoms with Gasteiger partial charge in [0, 0.05) is 19.6 Å². The number of esters is 1. The average molecular weight is 404 g/mol. The van der Waals surface area contributed by atoms with Gasteiger partial charge in [0.15, 0.2) is 6.61 Å². The van der Waals surface area contributed by atoms with E-state index >= 15 is 0 Å². The third kappa shape index (κ3) is 5.46. The Morgan fingerprint density at radius 3 is 2.56 bits per heavy atom. The Bertz CT molecular complexity index is 793. The summed E-state index contributed by atoms with van der Waals surface area (Å²) in [5.41, 5.74) is 0. The summed E-state index contributed by atoms with van der Waals surface area (Å²) in [5.74, 6) is -3.40. The second kappa shape index (κ2) is 9.23. The highest BCUT2D eigenvalue weighted by molar-refractivity contribution is 7.89. The zero-order valence-corrected chi connectivity index (χ0v) is 15.7. The minimum atomic E-state index is -4.20. The maximum Gasteiger partial charge on any atom is 0.309 e. The van der Waals surface area contributed by atoms with E-state index in [1.54, 1.807) is 0 Å². The summed E-state index contributed by atoms with van der Waals surface area (Å²) in [6, 6.07) is 2.24. The number of halogens is 2. The van der Waals surface area contributed by atoms with Gasteiger partial charge < -0.3 is 10.1 Å². The Morgan fingerprint density at radius 1 is 1.26 bits per heavy atom. The minimum absolute atomic E-state index is 0.0277. The van der Waals surface area contributed by atoms with Crippen molar-refractivity contribution in [3.05, 3.63) is 29.8 Å². The zero-order chi connectivity index (χ0) is 20.0. The minimum Gasteiger partial charge on any atom is -0.455 e. The van der Waals surface area contributed by atoms with Crippen LogP contribution in [0.3, 0.4) is 0 Å². The molecule has 0 spiro atoms. The van der Waals surface area contributed by atoms with Crippen molar-refractivity contribution in [2.24, 2.45) is 5.92 Å². The van der Waals surface area contributed by atoms with Gasteiger partial charge in [-0.25, -0.2) is 17.2 Å². The molecule has 1 saturated heterocycles. The monoisotopic (exact) mass is 404 g/mol. The van der Waals surface area contributed by atoms with Crippen LogP contribution in [0.15, 0.2) is 23.1 Å². The van der Waals surface area contributed by atoms with Crippen LogP contribution in [0.25, 0.3) is 0 Å². The first kappa shape index (κ1) is 21.2. The van der Waals surface area contributed by atoms with E-state index in [-0.39, 0.29) is 32.5 Å². The van der Waals surface area contributed by atoms with Crippen LogP contribution in [0.1, 0.15) is 26.2 Å². The standard InChI is InChI=1S/C17H22F2N2O5S/c1-2-7-20-16(22)11-26-17(23)12-5-8-21(9-6-12)27(24,25)15-10-13(18)3-4-14(15)19/h3-4,10,12H,2,5-9,11H2,1H3,(H,20,22). The number of sulfonamides is 1. The van der Waals surface area contributed by atoms with Crippen LogP contribution in [0.2, 0.25) is 0 Å². The van der Waals surface area contributed by atoms with Gasteiger partial charge in [-0.15, -0.1) is 0 Å². The van der Waals surface area contributed by atoms with Crippen molar-refractivity contribution in [1.29, 1.82) is 0 Å². The van der Waals surface area contributed by atoms with Crippen molar-refractivity contribution in [2.75, 3.05) is 26.2 Å². The highest BCUT2D eigenvalue weighted by Gasteiger charge is 2.34. The summed E-state index contributed by atoms with van der Waals surface area (Å²) in [5, 5.41) is 2.58. The first-order valence-corrected chi connectivity index (χ1v) is 10.1. The summed E-state index contributed by atoms with van der Waals surface area (Å²) in [4.78, 5) is 22.7. The Balaban J connectivity index is 1.91. The van der Waals surface area contributed by atoms with E-state index in [9.17, 15) is 26.8 Å². The molecule has 0 aromatic heterocycles. The highest BCUT2D eigenvalue weighted by atomic mass is 32.2. The number of carbonyl (C=O) groups excluding carboxylic acids is 2. The zero-order valence-electron chi connectivity index (χ0n) is 14.9. The van der Waals surface area contributed by atoms with Gasteiger partial charge in [0.1, 0.15) is 16.5 Å². The number of nitrogens with zero attached hydrogens (tertiary/aromatic N) is 1. The van der Waals surface area contributed by atoms with Crippen LogP contribution in [0.4, 0.5) is 8.78 Å². The number of carbonyl (C=O) groups is 2. The molecule has 1 amide bonds. The quantitative estimate of drug-likeness (QED) is 0.694. The number of amides is 1. The molecule has 0 bridgehead atoms. The van der Waals surface area contributed by atoms with Crippen LogP contribution in [0.5, 0.6) is 0 Å². The molecule has 10 heteroatoms. The van der Waals surface area contributed by atoms with Gasteiger partial charge in [-0.1, -0.05) is 6.92 Å². The molecule has 0 saturated carbocycles. The first-order chi connectivity index (χ1) is 12.8. The molecule has 1 aliphatic heterocycles. The van der Waals surface area contributed by atoms with Gasteiger partial charge in [-0.3, -0.25) is 9.59 Å². The molecule has 1 aromatic rings. The summed E-state index contributed by atoms with van der Waals surface area (Å²) >= 11 is 0. The van der Waals surface area contributed by atoms with Crippen molar-refractivity contribution < 1.29 is 31.5 Å². The van der Waals surface area contributed by atoms with E-state index in [0.717, 1.165) is 22.9 Å². The van der Waals surface area contributed by atoms with E-state index in [1.165, 1.54) is 0 Å². The first-order valence-electron chi connectivity index (χ1n) is 8.64. The lowest BCUT2D eigenvalue weighted by Crippen LogP contribution is -2.41. The molecule has 150 valence electrons. The molecular formula is C17H22F2N2O5S. The van der Waals surface area contributed by atoms with Gasteiger partial charge in [0.05, 0.1) is 5.92 Å². The van der Waals surface area contributed by atoms with Gasteiger partial charge in [-0.05, 0) is 37.5 Å². The van der Waals surface area contributed by atoms with Crippen molar-refractivity contribution in [3.63, 3.8) is 0 Å². The Hall–Kier alpha value is -2.07. The van der Waals surface area contributed by atoms with E-state index in [1.807, 2.05) is 6.92 Å². The van der Waals surface area contributed by atoms with Crippen LogP contribution < -0.4 is 5.32 Å². The third-order valence-electron chi connectivity index (χ3n) is 4.22. The van der Waals surface area contributed by atoms with Crippen molar-refractivity contribution in [1.82, 2.24) is 9.62 Å². The number of hydrogen-bond donors (Lipinski definition) is 1. The predicted octanol–water partition coefficient (Wildman–Crippen LogP) is 1.43. The summed E-state index contributed by atoms with van der Waals surface area (Å²) in [6.45, 7) is 1.94. The number of benzene rings is 1. The molecule has 1 aromatic carbocycles. The molecule has 1 N–H and O–H groups in total. The van der Waals surface area contributed by atoms with E-state index in [2.05, 4.69) is 5.32 Å². The second-order valence-corrected chi connectivity index (χ2v) is 8.12. The molecule has 0 unspecified atom stereocenters. The molecule has 1 aliphatic rings. The van der Waals surface area contributed by atoms with Crippen LogP contribution in [-0.2, 0) is 24.3 Å². The number of rotatable bonds is 7. The van der Waals surface area contributed by atoms with E-state index in [0.29, 0.717) is 12.6 Å². The Kier molecular flexibility index (Phi) is 7.25. The van der Waals surface area contributed by atoms with Crippen LogP contribution >= 0.6 is 0 Å². The molecule has 0 aliphatic carbocycles. The number of hydrogen-bond acceptors (Lipinski definition) is 5. The van der Waals surface area contributed by atoms with Crippen molar-refractivity contribution >= 4 is 21.9 Å². The van der Waals surface area contributed by atoms with Gasteiger partial charge in [0.2, 0.25) is 10.0 Å². The molecule has 7 nitrogen and oxygen atoms in total. The van der Waals surface area contributed by atoms with Gasteiger partial charge in [0.25, 0.3) is 5.91 Å². The normalized spacial score (nSPS) is 16.1. The summed E-state index contributed by atoms with van der Waals surface area (Å²) in [6.07, 6.45) is 1.11. The third-order valence-corrected chi connectivity index (χ3v) is 6.13. The SMILES string of the molecule is CCCNC(=O)COC(=O)C1CCN(S(=O)(=O)c2cc(F)ccc2F)CC1. The predicted molar refractivity (Wildman–Crippen MR) is 92.1 cm³/mol. The molecule has 1 fully saturated rings. The van der Waals surface area contributed by atoms with Gasteiger partial charge >= 0.3 is 5.97 Å². The maximum atomic E-state index is 13.8. The fourth-order valence-electron chi connectivity index (χ4n) is 2.72. The Morgan fingerprint density at radius 2 is 1.93 bits per heavy atom. The van der Waals surface area contributed by atoms with E-state index in [4.69, 9.17) is 4.74 Å². The smallest absolute Gasteiger partial charge is 0.309 e. The van der Waals surface area contributed by atoms with Crippen LogP contribution in [0, 0.1) is 17.6 Å². The van der Waals surface area contributed by atoms with Crippen molar-refractivity contribution in [3.8, 4) is 0 Å². The molecule has 2 rings (SSSR count). The number of ether oxygens (including phenoxy) is 1. The number of nitrogens with one attached hydrogen (secondary N) is 1. The van der Waals surface area contributed by atoms with Crippen molar-refractivity contribution in [2.45, 2.75) is 31.1 Å². The topological polar surface area (TPSA) is 92.8 Å². The lowest BCUT2D eigenvalue weighted by molar-refractivity contribution is -0.153. The fraction of sp³-hybridized carbons (Fsp3) is 0.529. The average Bonchev–Trinajstić information content (AvgIpc) is 2.66. The molecule has 27 heavy (non-hydrogen) atoms. The summed E-state index contributed by atoms with van der Waals surface area (Å²) < 4.78 is 58.1. The highest BCUT2D eigenvalue weighted by Crippen LogP contribution is 2.26. The molecule has 0 atom stereocenters. The lowest BCUT2D eigenvalue weighted by atomic mass is 9.98. The van der Waals surface area contributed by atoms with Gasteiger partial charge in [-0.2, -0.15) is 4.31 Å². The van der Waals surface area contributed by atoms with Crippen LogP contribution in [-0.4, -0.2) is 50.8 Å². The maximum absolute atomic E-state index is 13.8. The largest absolute Gasteiger partial charge is 0.455 e. The fourth-order valence-corrected chi connectivity index (χ4v) is 4.26. The Labute approximate surface area is 156 Å². The second-order valence-electron chi connectivity index (χ2n) is 6.21. The molecular weight excluding hydrogens is 382 g/mol. The van der Waals surface area contributed by atoms with E-state index < -0.39 is 44.3 Å². The summed E-state index contributed by atoms with van der Waals surface area (Å²) in [7, 11) is -4.20. The molecule has 1 heterocycles.